The van der Waals surface area contributed by atoms with Gasteiger partial charge in [-0.1, -0.05) is 54.6 Å². The minimum Gasteiger partial charge on any atom is -0.377 e. The number of fused-ring (bicyclic) bond motifs is 1. The summed E-state index contributed by atoms with van der Waals surface area (Å²) in [6.45, 7) is 8.70. The maximum Gasteiger partial charge on any atom is 0.0716 e. The molecule has 5 heteroatoms. The predicted molar refractivity (Wildman–Crippen MR) is 125 cm³/mol. The van der Waals surface area contributed by atoms with Gasteiger partial charge in [-0.05, 0) is 48.9 Å². The molecule has 29 heavy (non-hydrogen) atoms. The van der Waals surface area contributed by atoms with E-state index < -0.39 is 0 Å². The molecule has 2 aliphatic heterocycles. The molecule has 2 saturated heterocycles. The van der Waals surface area contributed by atoms with Crippen LogP contribution in [0.25, 0.3) is 0 Å². The summed E-state index contributed by atoms with van der Waals surface area (Å²) in [6, 6.07) is 20.0. The van der Waals surface area contributed by atoms with Gasteiger partial charge in [0.2, 0.25) is 0 Å². The van der Waals surface area contributed by atoms with Crippen LogP contribution >= 0.6 is 24.8 Å². The highest BCUT2D eigenvalue weighted by molar-refractivity contribution is 5.85. The van der Waals surface area contributed by atoms with E-state index in [1.165, 1.54) is 36.3 Å². The minimum absolute atomic E-state index is 0. The number of nitrogens with zero attached hydrogens (tertiary/aromatic N) is 2. The molecule has 0 aliphatic carbocycles. The molecule has 160 valence electrons. The molecule has 0 saturated carbocycles. The first kappa shape index (κ1) is 24.2. The van der Waals surface area contributed by atoms with E-state index >= 15 is 0 Å². The Balaban J connectivity index is 0.00000150. The summed E-state index contributed by atoms with van der Waals surface area (Å²) in [4.78, 5) is 5.25. The Hall–Kier alpha value is -1.10. The molecular formula is C24H34Cl2N2O. The van der Waals surface area contributed by atoms with Gasteiger partial charge in [0, 0.05) is 38.8 Å². The molecular weight excluding hydrogens is 403 g/mol. The van der Waals surface area contributed by atoms with Gasteiger partial charge in [-0.25, -0.2) is 0 Å². The summed E-state index contributed by atoms with van der Waals surface area (Å²) in [5.41, 5.74) is 4.22. The molecule has 0 spiro atoms. The van der Waals surface area contributed by atoms with E-state index in [2.05, 4.69) is 78.4 Å². The van der Waals surface area contributed by atoms with Crippen molar-refractivity contribution in [2.45, 2.75) is 26.0 Å². The second-order valence-electron chi connectivity index (χ2n) is 8.32. The number of hydrogen-bond acceptors (Lipinski definition) is 3. The summed E-state index contributed by atoms with van der Waals surface area (Å²) < 4.78 is 5.86. The summed E-state index contributed by atoms with van der Waals surface area (Å²) in [5.74, 6) is 1.58. The maximum absolute atomic E-state index is 5.86. The predicted octanol–water partition coefficient (Wildman–Crippen LogP) is 4.98. The van der Waals surface area contributed by atoms with E-state index in [0.717, 1.165) is 38.0 Å². The van der Waals surface area contributed by atoms with Crippen LogP contribution in [0.2, 0.25) is 0 Å². The zero-order valence-corrected chi connectivity index (χ0v) is 19.1. The fraction of sp³-hybridized carbons (Fsp3) is 0.500. The zero-order valence-electron chi connectivity index (χ0n) is 17.5. The Morgan fingerprint density at radius 2 is 1.66 bits per heavy atom. The number of aryl methyl sites for hydroxylation is 1. The first-order chi connectivity index (χ1) is 13.2. The monoisotopic (exact) mass is 436 g/mol. The third-order valence-electron chi connectivity index (χ3n) is 6.35. The number of hydrogen-bond donors (Lipinski definition) is 0. The molecule has 0 N–H and O–H groups in total. The van der Waals surface area contributed by atoms with Gasteiger partial charge in [0.15, 0.2) is 0 Å². The lowest BCUT2D eigenvalue weighted by molar-refractivity contribution is 0.109. The van der Waals surface area contributed by atoms with E-state index in [9.17, 15) is 0 Å². The Morgan fingerprint density at radius 1 is 0.931 bits per heavy atom. The third-order valence-corrected chi connectivity index (χ3v) is 6.35. The smallest absolute Gasteiger partial charge is 0.0716 e. The largest absolute Gasteiger partial charge is 0.377 e. The lowest BCUT2D eigenvalue weighted by Gasteiger charge is -2.28. The van der Waals surface area contributed by atoms with Crippen LogP contribution in [0, 0.1) is 18.8 Å². The summed E-state index contributed by atoms with van der Waals surface area (Å²) >= 11 is 0. The lowest BCUT2D eigenvalue weighted by Crippen LogP contribution is -2.30. The van der Waals surface area contributed by atoms with Crippen LogP contribution in [0.15, 0.2) is 54.6 Å². The molecule has 3 nitrogen and oxygen atoms in total. The summed E-state index contributed by atoms with van der Waals surface area (Å²) in [7, 11) is 2.30. The fourth-order valence-electron chi connectivity index (χ4n) is 5.07. The molecule has 0 bridgehead atoms. The number of rotatable bonds is 7. The Morgan fingerprint density at radius 3 is 2.41 bits per heavy atom. The Labute approximate surface area is 188 Å². The van der Waals surface area contributed by atoms with Gasteiger partial charge in [-0.15, -0.1) is 24.8 Å². The molecule has 0 aromatic heterocycles. The van der Waals surface area contributed by atoms with Gasteiger partial charge in [-0.3, -0.25) is 4.90 Å². The van der Waals surface area contributed by atoms with E-state index in [0.29, 0.717) is 6.04 Å². The summed E-state index contributed by atoms with van der Waals surface area (Å²) in [5, 5.41) is 0. The molecule has 3 atom stereocenters. The third kappa shape index (κ3) is 5.74. The van der Waals surface area contributed by atoms with Gasteiger partial charge in [-0.2, -0.15) is 0 Å². The first-order valence-corrected chi connectivity index (χ1v) is 10.3. The molecule has 2 aromatic carbocycles. The first-order valence-electron chi connectivity index (χ1n) is 10.3. The number of likely N-dealkylation sites (tertiary alicyclic amines) is 2. The topological polar surface area (TPSA) is 15.7 Å². The number of halogens is 2. The van der Waals surface area contributed by atoms with Gasteiger partial charge >= 0.3 is 0 Å². The van der Waals surface area contributed by atoms with Crippen molar-refractivity contribution in [2.75, 3.05) is 39.8 Å². The second-order valence-corrected chi connectivity index (χ2v) is 8.32. The fourth-order valence-corrected chi connectivity index (χ4v) is 5.07. The maximum atomic E-state index is 5.86. The standard InChI is InChI=1S/C24H32N2O.2ClH/c1-19-9-6-7-12-22(19)24-23-17-26(16-21(23)15-25(24)2)13-8-14-27-18-20-10-4-3-5-11-20;;/h3-7,9-12,21,23-24H,8,13-18H2,1-2H3;2*1H/t21-,23+,24+;;/m0../s1. The highest BCUT2D eigenvalue weighted by Crippen LogP contribution is 2.44. The van der Waals surface area contributed by atoms with Crippen molar-refractivity contribution in [3.63, 3.8) is 0 Å². The molecule has 0 amide bonds. The van der Waals surface area contributed by atoms with E-state index in [1.54, 1.807) is 0 Å². The number of benzene rings is 2. The number of ether oxygens (including phenoxy) is 1. The molecule has 2 aromatic rings. The average molecular weight is 437 g/mol. The SMILES string of the molecule is Cc1ccccc1[C@@H]1[C@@H]2CN(CCCOCc3ccccc3)C[C@@H]2CN1C.Cl.Cl. The van der Waals surface area contributed by atoms with Crippen molar-refractivity contribution < 1.29 is 4.74 Å². The van der Waals surface area contributed by atoms with Crippen molar-refractivity contribution in [3.05, 3.63) is 71.3 Å². The molecule has 2 fully saturated rings. The van der Waals surface area contributed by atoms with Crippen molar-refractivity contribution in [1.82, 2.24) is 9.80 Å². The lowest BCUT2D eigenvalue weighted by atomic mass is 9.88. The van der Waals surface area contributed by atoms with Crippen molar-refractivity contribution in [3.8, 4) is 0 Å². The van der Waals surface area contributed by atoms with Gasteiger partial charge in [0.25, 0.3) is 0 Å². The molecule has 0 unspecified atom stereocenters. The normalized spacial score (nSPS) is 24.0. The van der Waals surface area contributed by atoms with Crippen molar-refractivity contribution >= 4 is 24.8 Å². The van der Waals surface area contributed by atoms with Crippen LogP contribution in [0.5, 0.6) is 0 Å². The Bertz CT molecular complexity index is 743. The molecule has 0 radical (unpaired) electrons. The highest BCUT2D eigenvalue weighted by Gasteiger charge is 2.46. The van der Waals surface area contributed by atoms with Gasteiger partial charge in [0.1, 0.15) is 0 Å². The summed E-state index contributed by atoms with van der Waals surface area (Å²) in [6.07, 6.45) is 1.12. The molecule has 2 aliphatic rings. The van der Waals surface area contributed by atoms with Crippen LogP contribution in [0.3, 0.4) is 0 Å². The van der Waals surface area contributed by atoms with E-state index in [1.807, 2.05) is 0 Å². The van der Waals surface area contributed by atoms with Crippen molar-refractivity contribution in [2.24, 2.45) is 11.8 Å². The molecule has 2 heterocycles. The Kier molecular flexibility index (Phi) is 9.45. The van der Waals surface area contributed by atoms with Gasteiger partial charge < -0.3 is 9.64 Å². The van der Waals surface area contributed by atoms with Crippen molar-refractivity contribution in [1.29, 1.82) is 0 Å². The average Bonchev–Trinajstić information content (AvgIpc) is 3.19. The van der Waals surface area contributed by atoms with Crippen LogP contribution in [-0.4, -0.2) is 49.6 Å². The van der Waals surface area contributed by atoms with Crippen LogP contribution in [-0.2, 0) is 11.3 Å². The van der Waals surface area contributed by atoms with Gasteiger partial charge in [0.05, 0.1) is 6.61 Å². The quantitative estimate of drug-likeness (QED) is 0.569. The second kappa shape index (κ2) is 11.3. The van der Waals surface area contributed by atoms with Crippen LogP contribution < -0.4 is 0 Å². The van der Waals surface area contributed by atoms with E-state index in [4.69, 9.17) is 4.74 Å². The van der Waals surface area contributed by atoms with E-state index in [-0.39, 0.29) is 24.8 Å². The molecule has 4 rings (SSSR count). The highest BCUT2D eigenvalue weighted by atomic mass is 35.5. The minimum atomic E-state index is 0. The van der Waals surface area contributed by atoms with Crippen LogP contribution in [0.4, 0.5) is 0 Å². The van der Waals surface area contributed by atoms with Crippen LogP contribution in [0.1, 0.15) is 29.2 Å². The zero-order chi connectivity index (χ0) is 18.6.